The van der Waals surface area contributed by atoms with E-state index in [4.69, 9.17) is 9.47 Å². The Bertz CT molecular complexity index is 961. The molecule has 2 aromatic carbocycles. The van der Waals surface area contributed by atoms with Gasteiger partial charge in [-0.3, -0.25) is 0 Å². The van der Waals surface area contributed by atoms with Crippen molar-refractivity contribution in [1.82, 2.24) is 9.97 Å². The average molecular weight is 389 g/mol. The molecule has 146 valence electrons. The topological polar surface area (TPSA) is 56.3 Å². The van der Waals surface area contributed by atoms with E-state index >= 15 is 0 Å². The molecule has 0 fully saturated rings. The molecule has 0 bridgehead atoms. The number of aromatic nitrogens is 2. The molecular formula is C20H18F3N3O2. The summed E-state index contributed by atoms with van der Waals surface area (Å²) < 4.78 is 50.7. The number of anilines is 1. The van der Waals surface area contributed by atoms with Crippen molar-refractivity contribution in [1.29, 1.82) is 0 Å². The molecule has 28 heavy (non-hydrogen) atoms. The lowest BCUT2D eigenvalue weighted by Crippen LogP contribution is -2.09. The van der Waals surface area contributed by atoms with E-state index in [9.17, 15) is 13.2 Å². The number of methoxy groups -OCH3 is 2. The van der Waals surface area contributed by atoms with E-state index < -0.39 is 11.7 Å². The number of benzene rings is 2. The van der Waals surface area contributed by atoms with Crippen LogP contribution in [0.2, 0.25) is 0 Å². The van der Waals surface area contributed by atoms with Crippen LogP contribution in [0.25, 0.3) is 11.1 Å². The average Bonchev–Trinajstić information content (AvgIpc) is 2.71. The third-order valence-electron chi connectivity index (χ3n) is 4.18. The Morgan fingerprint density at radius 2 is 1.79 bits per heavy atom. The Labute approximate surface area is 160 Å². The zero-order chi connectivity index (χ0) is 20.1. The molecule has 0 aliphatic heterocycles. The molecule has 8 heteroatoms. The minimum Gasteiger partial charge on any atom is -0.497 e. The molecule has 0 aliphatic carbocycles. The van der Waals surface area contributed by atoms with Crippen LogP contribution >= 0.6 is 0 Å². The van der Waals surface area contributed by atoms with Gasteiger partial charge in [-0.25, -0.2) is 9.97 Å². The molecule has 0 atom stereocenters. The van der Waals surface area contributed by atoms with Crippen molar-refractivity contribution in [3.8, 4) is 22.6 Å². The second-order valence-electron chi connectivity index (χ2n) is 5.86. The Hall–Kier alpha value is -3.29. The molecule has 3 rings (SSSR count). The van der Waals surface area contributed by atoms with Crippen molar-refractivity contribution in [2.24, 2.45) is 0 Å². The van der Waals surface area contributed by atoms with E-state index in [0.717, 1.165) is 11.6 Å². The summed E-state index contributed by atoms with van der Waals surface area (Å²) in [6.07, 6.45) is -1.83. The summed E-state index contributed by atoms with van der Waals surface area (Å²) in [5, 5.41) is 3.08. The van der Waals surface area contributed by atoms with Crippen molar-refractivity contribution in [3.05, 3.63) is 66.1 Å². The minimum atomic E-state index is -4.48. The number of hydrogen-bond donors (Lipinski definition) is 1. The molecule has 1 heterocycles. The monoisotopic (exact) mass is 389 g/mol. The number of hydrogen-bond acceptors (Lipinski definition) is 5. The van der Waals surface area contributed by atoms with Crippen LogP contribution in [0.1, 0.15) is 11.1 Å². The van der Waals surface area contributed by atoms with Gasteiger partial charge in [0.05, 0.1) is 19.8 Å². The molecule has 0 saturated carbocycles. The standard InChI is InChI=1S/C20H18F3N3O2/c1-27-14-8-7-13(18(9-14)28-2)10-25-19-16(11-24-12-26-19)15-5-3-4-6-17(15)20(21,22)23/h3-9,11-12H,10H2,1-2H3,(H,24,25,26). The maximum Gasteiger partial charge on any atom is 0.417 e. The van der Waals surface area contributed by atoms with Crippen molar-refractivity contribution >= 4 is 5.82 Å². The lowest BCUT2D eigenvalue weighted by Gasteiger charge is -2.16. The van der Waals surface area contributed by atoms with E-state index in [0.29, 0.717) is 23.9 Å². The van der Waals surface area contributed by atoms with Gasteiger partial charge in [0.15, 0.2) is 0 Å². The Morgan fingerprint density at radius 3 is 2.50 bits per heavy atom. The number of nitrogens with zero attached hydrogens (tertiary/aromatic N) is 2. The third-order valence-corrected chi connectivity index (χ3v) is 4.18. The predicted octanol–water partition coefficient (Wildman–Crippen LogP) is 4.79. The Balaban J connectivity index is 1.93. The van der Waals surface area contributed by atoms with Crippen LogP contribution in [0.4, 0.5) is 19.0 Å². The molecule has 3 aromatic rings. The summed E-state index contributed by atoms with van der Waals surface area (Å²) in [5.74, 6) is 1.53. The molecule has 0 radical (unpaired) electrons. The number of nitrogens with one attached hydrogen (secondary N) is 1. The zero-order valence-corrected chi connectivity index (χ0v) is 15.2. The summed E-state index contributed by atoms with van der Waals surface area (Å²) >= 11 is 0. The first kappa shape index (κ1) is 19.5. The van der Waals surface area contributed by atoms with Crippen LogP contribution in [0.5, 0.6) is 11.5 Å². The fourth-order valence-corrected chi connectivity index (χ4v) is 2.81. The quantitative estimate of drug-likeness (QED) is 0.657. The van der Waals surface area contributed by atoms with Gasteiger partial charge >= 0.3 is 6.18 Å². The van der Waals surface area contributed by atoms with Gasteiger partial charge in [0, 0.05) is 29.9 Å². The van der Waals surface area contributed by atoms with Crippen LogP contribution in [-0.2, 0) is 12.7 Å². The van der Waals surface area contributed by atoms with Crippen LogP contribution in [0.3, 0.4) is 0 Å². The van der Waals surface area contributed by atoms with Crippen LogP contribution in [0, 0.1) is 0 Å². The highest BCUT2D eigenvalue weighted by Gasteiger charge is 2.34. The van der Waals surface area contributed by atoms with Crippen molar-refractivity contribution in [2.75, 3.05) is 19.5 Å². The molecule has 1 aromatic heterocycles. The lowest BCUT2D eigenvalue weighted by atomic mass is 10.0. The van der Waals surface area contributed by atoms with E-state index in [-0.39, 0.29) is 11.1 Å². The summed E-state index contributed by atoms with van der Waals surface area (Å²) in [5.41, 5.74) is 0.342. The minimum absolute atomic E-state index is 0.0137. The summed E-state index contributed by atoms with van der Waals surface area (Å²) in [7, 11) is 3.09. The van der Waals surface area contributed by atoms with Crippen LogP contribution < -0.4 is 14.8 Å². The smallest absolute Gasteiger partial charge is 0.417 e. The van der Waals surface area contributed by atoms with Crippen molar-refractivity contribution in [2.45, 2.75) is 12.7 Å². The van der Waals surface area contributed by atoms with Gasteiger partial charge in [-0.05, 0) is 23.8 Å². The fourth-order valence-electron chi connectivity index (χ4n) is 2.81. The normalized spacial score (nSPS) is 11.2. The highest BCUT2D eigenvalue weighted by atomic mass is 19.4. The first-order valence-electron chi connectivity index (χ1n) is 8.35. The van der Waals surface area contributed by atoms with Gasteiger partial charge < -0.3 is 14.8 Å². The first-order chi connectivity index (χ1) is 13.4. The van der Waals surface area contributed by atoms with Gasteiger partial charge in [-0.1, -0.05) is 18.2 Å². The van der Waals surface area contributed by atoms with E-state index in [1.807, 2.05) is 6.07 Å². The van der Waals surface area contributed by atoms with Crippen molar-refractivity contribution < 1.29 is 22.6 Å². The summed E-state index contributed by atoms with van der Waals surface area (Å²) in [6, 6.07) is 10.7. The number of rotatable bonds is 6. The Kier molecular flexibility index (Phi) is 5.67. The largest absolute Gasteiger partial charge is 0.497 e. The highest BCUT2D eigenvalue weighted by Crippen LogP contribution is 2.38. The van der Waals surface area contributed by atoms with Gasteiger partial charge in [0.25, 0.3) is 0 Å². The van der Waals surface area contributed by atoms with Crippen LogP contribution in [0.15, 0.2) is 55.0 Å². The predicted molar refractivity (Wildman–Crippen MR) is 99.3 cm³/mol. The van der Waals surface area contributed by atoms with E-state index in [2.05, 4.69) is 15.3 Å². The highest BCUT2D eigenvalue weighted by molar-refractivity contribution is 5.77. The van der Waals surface area contributed by atoms with E-state index in [1.54, 1.807) is 25.3 Å². The lowest BCUT2D eigenvalue weighted by molar-refractivity contribution is -0.137. The van der Waals surface area contributed by atoms with Crippen LogP contribution in [-0.4, -0.2) is 24.2 Å². The van der Waals surface area contributed by atoms with E-state index in [1.165, 1.54) is 31.8 Å². The molecule has 0 amide bonds. The maximum atomic E-state index is 13.4. The SMILES string of the molecule is COc1ccc(CNc2ncncc2-c2ccccc2C(F)(F)F)c(OC)c1. The summed E-state index contributed by atoms with van der Waals surface area (Å²) in [6.45, 7) is 0.297. The first-order valence-corrected chi connectivity index (χ1v) is 8.35. The van der Waals surface area contributed by atoms with Gasteiger partial charge in [0.1, 0.15) is 23.6 Å². The van der Waals surface area contributed by atoms with Gasteiger partial charge in [-0.2, -0.15) is 13.2 Å². The van der Waals surface area contributed by atoms with Crippen molar-refractivity contribution in [3.63, 3.8) is 0 Å². The number of ether oxygens (including phenoxy) is 2. The third kappa shape index (κ3) is 4.16. The number of halogens is 3. The molecule has 0 unspecified atom stereocenters. The second-order valence-corrected chi connectivity index (χ2v) is 5.86. The van der Waals surface area contributed by atoms with Gasteiger partial charge in [0.2, 0.25) is 0 Å². The molecule has 0 saturated heterocycles. The maximum absolute atomic E-state index is 13.4. The number of alkyl halides is 3. The second kappa shape index (κ2) is 8.16. The summed E-state index contributed by atoms with van der Waals surface area (Å²) in [4.78, 5) is 8.02. The fraction of sp³-hybridized carbons (Fsp3) is 0.200. The molecule has 1 N–H and O–H groups in total. The van der Waals surface area contributed by atoms with Gasteiger partial charge in [-0.15, -0.1) is 0 Å². The Morgan fingerprint density at radius 1 is 1.00 bits per heavy atom. The molecule has 0 aliphatic rings. The molecular weight excluding hydrogens is 371 g/mol. The molecule has 5 nitrogen and oxygen atoms in total. The zero-order valence-electron chi connectivity index (χ0n) is 15.2. The molecule has 0 spiro atoms.